The van der Waals surface area contributed by atoms with Gasteiger partial charge in [-0.25, -0.2) is 4.98 Å². The molecule has 0 amide bonds. The van der Waals surface area contributed by atoms with Crippen molar-refractivity contribution in [3.63, 3.8) is 0 Å². The first-order chi connectivity index (χ1) is 5.88. The number of aryl methyl sites for hydroxylation is 1. The largest absolute Gasteiger partial charge is 0.308 e. The van der Waals surface area contributed by atoms with Crippen molar-refractivity contribution in [3.8, 4) is 0 Å². The topological polar surface area (TPSA) is 24.9 Å². The molecule has 66 valence electrons. The molecule has 0 saturated heterocycles. The van der Waals surface area contributed by atoms with Crippen LogP contribution in [0.4, 0.5) is 0 Å². The van der Waals surface area contributed by atoms with Crippen LogP contribution in [0, 0.1) is 0 Å². The van der Waals surface area contributed by atoms with E-state index in [1.807, 2.05) is 0 Å². The van der Waals surface area contributed by atoms with Gasteiger partial charge in [0.15, 0.2) is 0 Å². The third-order valence-corrected chi connectivity index (χ3v) is 3.09. The minimum atomic E-state index is 0.789. The van der Waals surface area contributed by atoms with E-state index in [1.54, 1.807) is 11.3 Å². The summed E-state index contributed by atoms with van der Waals surface area (Å²) in [6, 6.07) is 0.789. The summed E-state index contributed by atoms with van der Waals surface area (Å²) in [6.45, 7) is 3.11. The maximum Gasteiger partial charge on any atom is 0.0926 e. The van der Waals surface area contributed by atoms with Crippen molar-refractivity contribution in [3.05, 3.63) is 16.1 Å². The van der Waals surface area contributed by atoms with E-state index in [2.05, 4.69) is 22.6 Å². The van der Waals surface area contributed by atoms with Crippen molar-refractivity contribution in [2.45, 2.75) is 38.8 Å². The van der Waals surface area contributed by atoms with Crippen molar-refractivity contribution in [2.75, 3.05) is 0 Å². The molecular formula is C9H14N2S. The molecule has 0 radical (unpaired) electrons. The Morgan fingerprint density at radius 2 is 2.50 bits per heavy atom. The van der Waals surface area contributed by atoms with Crippen LogP contribution in [0.2, 0.25) is 0 Å². The molecular weight excluding hydrogens is 168 g/mol. The summed E-state index contributed by atoms with van der Waals surface area (Å²) in [5.41, 5.74) is 1.21. The zero-order valence-electron chi connectivity index (χ0n) is 7.34. The zero-order valence-corrected chi connectivity index (χ0v) is 8.16. The lowest BCUT2D eigenvalue weighted by atomic mass is 10.4. The highest BCUT2D eigenvalue weighted by Gasteiger charge is 2.20. The first-order valence-electron chi connectivity index (χ1n) is 4.55. The average molecular weight is 182 g/mol. The predicted octanol–water partition coefficient (Wildman–Crippen LogP) is 1.96. The number of nitrogens with one attached hydrogen (secondary N) is 1. The molecule has 0 unspecified atom stereocenters. The minimum absolute atomic E-state index is 0.789. The Kier molecular flexibility index (Phi) is 2.42. The van der Waals surface area contributed by atoms with Crippen LogP contribution in [-0.2, 0) is 13.0 Å². The fourth-order valence-electron chi connectivity index (χ4n) is 1.13. The first-order valence-corrected chi connectivity index (χ1v) is 5.43. The monoisotopic (exact) mass is 182 g/mol. The van der Waals surface area contributed by atoms with Crippen LogP contribution in [-0.4, -0.2) is 11.0 Å². The highest BCUT2D eigenvalue weighted by molar-refractivity contribution is 7.09. The molecule has 3 heteroatoms. The van der Waals surface area contributed by atoms with Gasteiger partial charge >= 0.3 is 0 Å². The molecule has 0 spiro atoms. The van der Waals surface area contributed by atoms with Crippen LogP contribution in [0.1, 0.15) is 30.5 Å². The van der Waals surface area contributed by atoms with Crippen LogP contribution in [0.15, 0.2) is 5.38 Å². The maximum absolute atomic E-state index is 4.48. The van der Waals surface area contributed by atoms with E-state index in [1.165, 1.54) is 23.5 Å². The Balaban J connectivity index is 1.84. The molecule has 0 bridgehead atoms. The smallest absolute Gasteiger partial charge is 0.0926 e. The fourth-order valence-corrected chi connectivity index (χ4v) is 1.87. The van der Waals surface area contributed by atoms with Crippen molar-refractivity contribution in [1.29, 1.82) is 0 Å². The molecule has 2 rings (SSSR count). The SMILES string of the molecule is CCc1nc(CNC2CC2)cs1. The third-order valence-electron chi connectivity index (χ3n) is 2.05. The van der Waals surface area contributed by atoms with Gasteiger partial charge in [-0.15, -0.1) is 11.3 Å². The summed E-state index contributed by atoms with van der Waals surface area (Å²) in [7, 11) is 0. The van der Waals surface area contributed by atoms with Crippen molar-refractivity contribution >= 4 is 11.3 Å². The van der Waals surface area contributed by atoms with Gasteiger partial charge in [-0.1, -0.05) is 6.92 Å². The van der Waals surface area contributed by atoms with Gasteiger partial charge in [-0.3, -0.25) is 0 Å². The van der Waals surface area contributed by atoms with Gasteiger partial charge in [0.25, 0.3) is 0 Å². The van der Waals surface area contributed by atoms with E-state index in [9.17, 15) is 0 Å². The van der Waals surface area contributed by atoms with Crippen LogP contribution < -0.4 is 5.32 Å². The summed E-state index contributed by atoms with van der Waals surface area (Å²) in [4.78, 5) is 4.48. The molecule has 1 N–H and O–H groups in total. The van der Waals surface area contributed by atoms with Gasteiger partial charge in [0.05, 0.1) is 10.7 Å². The van der Waals surface area contributed by atoms with E-state index >= 15 is 0 Å². The van der Waals surface area contributed by atoms with E-state index in [0.29, 0.717) is 0 Å². The Hall–Kier alpha value is -0.410. The fraction of sp³-hybridized carbons (Fsp3) is 0.667. The quantitative estimate of drug-likeness (QED) is 0.770. The third kappa shape index (κ3) is 2.05. The maximum atomic E-state index is 4.48. The Labute approximate surface area is 77.0 Å². The van der Waals surface area contributed by atoms with Crippen molar-refractivity contribution in [2.24, 2.45) is 0 Å². The normalized spacial score (nSPS) is 16.8. The molecule has 1 fully saturated rings. The summed E-state index contributed by atoms with van der Waals surface area (Å²) in [5.74, 6) is 0. The Morgan fingerprint density at radius 3 is 3.08 bits per heavy atom. The lowest BCUT2D eigenvalue weighted by Crippen LogP contribution is -2.15. The zero-order chi connectivity index (χ0) is 8.39. The van der Waals surface area contributed by atoms with E-state index in [0.717, 1.165) is 19.0 Å². The number of nitrogens with zero attached hydrogens (tertiary/aromatic N) is 1. The molecule has 0 aromatic carbocycles. The highest BCUT2D eigenvalue weighted by atomic mass is 32.1. The molecule has 12 heavy (non-hydrogen) atoms. The molecule has 2 nitrogen and oxygen atoms in total. The molecule has 0 aliphatic heterocycles. The van der Waals surface area contributed by atoms with Crippen LogP contribution in [0.5, 0.6) is 0 Å². The van der Waals surface area contributed by atoms with E-state index in [-0.39, 0.29) is 0 Å². The number of hydrogen-bond donors (Lipinski definition) is 1. The number of hydrogen-bond acceptors (Lipinski definition) is 3. The minimum Gasteiger partial charge on any atom is -0.308 e. The molecule has 1 heterocycles. The number of aromatic nitrogens is 1. The summed E-state index contributed by atoms with van der Waals surface area (Å²) in [5, 5.41) is 6.87. The van der Waals surface area contributed by atoms with Gasteiger partial charge in [0, 0.05) is 18.0 Å². The molecule has 1 aromatic heterocycles. The van der Waals surface area contributed by atoms with Gasteiger partial charge < -0.3 is 5.32 Å². The lowest BCUT2D eigenvalue weighted by molar-refractivity contribution is 0.675. The van der Waals surface area contributed by atoms with Crippen LogP contribution in [0.3, 0.4) is 0 Å². The molecule has 1 aliphatic rings. The highest BCUT2D eigenvalue weighted by Crippen LogP contribution is 2.19. The first kappa shape index (κ1) is 8.20. The second-order valence-electron chi connectivity index (χ2n) is 3.24. The van der Waals surface area contributed by atoms with Crippen LogP contribution in [0.25, 0.3) is 0 Å². The average Bonchev–Trinajstić information content (AvgIpc) is 2.81. The van der Waals surface area contributed by atoms with Gasteiger partial charge in [-0.2, -0.15) is 0 Å². The van der Waals surface area contributed by atoms with Crippen LogP contribution >= 0.6 is 11.3 Å². The molecule has 1 saturated carbocycles. The van der Waals surface area contributed by atoms with Crippen molar-refractivity contribution < 1.29 is 0 Å². The summed E-state index contributed by atoms with van der Waals surface area (Å²) >= 11 is 1.77. The lowest BCUT2D eigenvalue weighted by Gasteiger charge is -1.96. The Morgan fingerprint density at radius 1 is 1.67 bits per heavy atom. The van der Waals surface area contributed by atoms with Gasteiger partial charge in [0.1, 0.15) is 0 Å². The van der Waals surface area contributed by atoms with E-state index in [4.69, 9.17) is 0 Å². The van der Waals surface area contributed by atoms with Crippen molar-refractivity contribution in [1.82, 2.24) is 10.3 Å². The van der Waals surface area contributed by atoms with Gasteiger partial charge in [-0.05, 0) is 19.3 Å². The number of rotatable bonds is 4. The molecule has 1 aromatic rings. The summed E-state index contributed by atoms with van der Waals surface area (Å²) < 4.78 is 0. The van der Waals surface area contributed by atoms with E-state index < -0.39 is 0 Å². The Bertz CT molecular complexity index is 253. The second-order valence-corrected chi connectivity index (χ2v) is 4.18. The summed E-state index contributed by atoms with van der Waals surface area (Å²) in [6.07, 6.45) is 3.77. The number of thiazole rings is 1. The molecule has 1 aliphatic carbocycles. The van der Waals surface area contributed by atoms with Gasteiger partial charge in [0.2, 0.25) is 0 Å². The standard InChI is InChI=1S/C9H14N2S/c1-2-9-11-8(6-12-9)5-10-7-3-4-7/h6-7,10H,2-5H2,1H3. The second kappa shape index (κ2) is 3.54. The molecule has 0 atom stereocenters. The predicted molar refractivity (Wildman–Crippen MR) is 51.4 cm³/mol.